The van der Waals surface area contributed by atoms with Crippen molar-refractivity contribution < 1.29 is 9.53 Å². The van der Waals surface area contributed by atoms with Gasteiger partial charge in [-0.15, -0.1) is 0 Å². The third-order valence-electron chi connectivity index (χ3n) is 2.98. The van der Waals surface area contributed by atoms with Crippen LogP contribution >= 0.6 is 15.9 Å². The molecule has 1 aromatic heterocycles. The standard InChI is InChI=1S/C12H15BrN2O2/c13-10-4-9(6-14-7-10)5-12(17-8-16)11-2-1-3-15-11/h4,6-8,11-12,15H,1-3,5H2. The predicted molar refractivity (Wildman–Crippen MR) is 67.6 cm³/mol. The molecule has 1 fully saturated rings. The van der Waals surface area contributed by atoms with Gasteiger partial charge in [-0.3, -0.25) is 9.78 Å². The van der Waals surface area contributed by atoms with E-state index in [0.29, 0.717) is 12.9 Å². The van der Waals surface area contributed by atoms with Gasteiger partial charge < -0.3 is 10.1 Å². The molecule has 17 heavy (non-hydrogen) atoms. The van der Waals surface area contributed by atoms with E-state index in [4.69, 9.17) is 4.74 Å². The van der Waals surface area contributed by atoms with Gasteiger partial charge in [0.2, 0.25) is 0 Å². The van der Waals surface area contributed by atoms with Gasteiger partial charge in [0.15, 0.2) is 0 Å². The fourth-order valence-electron chi connectivity index (χ4n) is 2.19. The molecule has 1 saturated heterocycles. The van der Waals surface area contributed by atoms with E-state index in [1.165, 1.54) is 0 Å². The zero-order valence-electron chi connectivity index (χ0n) is 9.43. The van der Waals surface area contributed by atoms with Crippen molar-refractivity contribution in [2.45, 2.75) is 31.4 Å². The summed E-state index contributed by atoms with van der Waals surface area (Å²) in [6.07, 6.45) is 6.34. The van der Waals surface area contributed by atoms with Gasteiger partial charge in [-0.2, -0.15) is 0 Å². The number of nitrogens with zero attached hydrogens (tertiary/aromatic N) is 1. The fourth-order valence-corrected chi connectivity index (χ4v) is 2.60. The Hall–Kier alpha value is -0.940. The summed E-state index contributed by atoms with van der Waals surface area (Å²) in [5.41, 5.74) is 1.07. The normalized spacial score (nSPS) is 21.1. The van der Waals surface area contributed by atoms with Gasteiger partial charge in [-0.1, -0.05) is 0 Å². The zero-order chi connectivity index (χ0) is 12.1. The minimum Gasteiger partial charge on any atom is -0.463 e. The average molecular weight is 299 g/mol. The molecular weight excluding hydrogens is 284 g/mol. The second-order valence-electron chi connectivity index (χ2n) is 4.19. The van der Waals surface area contributed by atoms with Crippen molar-refractivity contribution in [3.63, 3.8) is 0 Å². The van der Waals surface area contributed by atoms with Crippen LogP contribution in [0.25, 0.3) is 0 Å². The van der Waals surface area contributed by atoms with Crippen molar-refractivity contribution in [1.82, 2.24) is 10.3 Å². The Morgan fingerprint density at radius 1 is 1.65 bits per heavy atom. The predicted octanol–water partition coefficient (Wildman–Crippen LogP) is 1.68. The molecule has 0 aromatic carbocycles. The Morgan fingerprint density at radius 2 is 2.53 bits per heavy atom. The lowest BCUT2D eigenvalue weighted by molar-refractivity contribution is -0.134. The van der Waals surface area contributed by atoms with Gasteiger partial charge in [0, 0.05) is 29.3 Å². The monoisotopic (exact) mass is 298 g/mol. The van der Waals surface area contributed by atoms with Crippen LogP contribution in [0.1, 0.15) is 18.4 Å². The molecule has 92 valence electrons. The van der Waals surface area contributed by atoms with Crippen molar-refractivity contribution in [3.05, 3.63) is 28.5 Å². The molecule has 1 aromatic rings. The Kier molecular flexibility index (Phi) is 4.50. The first kappa shape index (κ1) is 12.5. The van der Waals surface area contributed by atoms with Gasteiger partial charge >= 0.3 is 0 Å². The number of ether oxygens (including phenoxy) is 1. The maximum absolute atomic E-state index is 10.6. The Labute approximate surface area is 109 Å². The summed E-state index contributed by atoms with van der Waals surface area (Å²) in [7, 11) is 0. The van der Waals surface area contributed by atoms with E-state index in [2.05, 4.69) is 26.2 Å². The van der Waals surface area contributed by atoms with E-state index in [-0.39, 0.29) is 12.1 Å². The highest BCUT2D eigenvalue weighted by atomic mass is 79.9. The molecule has 0 bridgehead atoms. The van der Waals surface area contributed by atoms with Gasteiger partial charge in [0.05, 0.1) is 0 Å². The minimum atomic E-state index is -0.105. The smallest absolute Gasteiger partial charge is 0.293 e. The second kappa shape index (κ2) is 6.12. The zero-order valence-corrected chi connectivity index (χ0v) is 11.0. The average Bonchev–Trinajstić information content (AvgIpc) is 2.82. The molecule has 2 rings (SSSR count). The third kappa shape index (κ3) is 3.51. The molecule has 1 aliphatic rings. The van der Waals surface area contributed by atoms with Crippen molar-refractivity contribution in [3.8, 4) is 0 Å². The first-order valence-corrected chi connectivity index (χ1v) is 6.51. The molecule has 1 N–H and O–H groups in total. The van der Waals surface area contributed by atoms with Crippen LogP contribution in [0, 0.1) is 0 Å². The van der Waals surface area contributed by atoms with Crippen LogP contribution in [0.4, 0.5) is 0 Å². The number of nitrogens with one attached hydrogen (secondary N) is 1. The largest absolute Gasteiger partial charge is 0.463 e. The van der Waals surface area contributed by atoms with Crippen molar-refractivity contribution >= 4 is 22.4 Å². The summed E-state index contributed by atoms with van der Waals surface area (Å²) in [6.45, 7) is 1.54. The molecule has 0 amide bonds. The number of hydrogen-bond acceptors (Lipinski definition) is 4. The molecule has 0 spiro atoms. The number of carbonyl (C=O) groups excluding carboxylic acids is 1. The lowest BCUT2D eigenvalue weighted by Gasteiger charge is -2.21. The van der Waals surface area contributed by atoms with Crippen molar-refractivity contribution in [1.29, 1.82) is 0 Å². The first-order chi connectivity index (χ1) is 8.29. The molecule has 4 nitrogen and oxygen atoms in total. The van der Waals surface area contributed by atoms with Crippen LogP contribution in [0.3, 0.4) is 0 Å². The number of carbonyl (C=O) groups is 1. The maximum Gasteiger partial charge on any atom is 0.293 e. The van der Waals surface area contributed by atoms with Gasteiger partial charge in [0.1, 0.15) is 6.10 Å². The van der Waals surface area contributed by atoms with E-state index >= 15 is 0 Å². The number of hydrogen-bond donors (Lipinski definition) is 1. The Morgan fingerprint density at radius 3 is 3.18 bits per heavy atom. The quantitative estimate of drug-likeness (QED) is 0.841. The summed E-state index contributed by atoms with van der Waals surface area (Å²) in [4.78, 5) is 14.7. The lowest BCUT2D eigenvalue weighted by atomic mass is 10.0. The molecule has 0 radical (unpaired) electrons. The van der Waals surface area contributed by atoms with Crippen LogP contribution in [0.2, 0.25) is 0 Å². The Bertz CT molecular complexity index is 381. The molecular formula is C12H15BrN2O2. The molecule has 0 aliphatic carbocycles. The number of rotatable bonds is 5. The lowest BCUT2D eigenvalue weighted by Crippen LogP contribution is -2.38. The highest BCUT2D eigenvalue weighted by Crippen LogP contribution is 2.17. The van der Waals surface area contributed by atoms with Gasteiger partial charge in [0.25, 0.3) is 6.47 Å². The third-order valence-corrected chi connectivity index (χ3v) is 3.41. The SMILES string of the molecule is O=COC(Cc1cncc(Br)c1)C1CCCN1. The van der Waals surface area contributed by atoms with E-state index < -0.39 is 0 Å². The minimum absolute atomic E-state index is 0.105. The topological polar surface area (TPSA) is 51.2 Å². The summed E-state index contributed by atoms with van der Waals surface area (Å²) < 4.78 is 6.13. The fraction of sp³-hybridized carbons (Fsp3) is 0.500. The molecule has 2 heterocycles. The summed E-state index contributed by atoms with van der Waals surface area (Å²) in [5, 5.41) is 3.36. The van der Waals surface area contributed by atoms with E-state index in [1.807, 2.05) is 6.07 Å². The summed E-state index contributed by atoms with van der Waals surface area (Å²) >= 11 is 3.39. The van der Waals surface area contributed by atoms with Crippen LogP contribution < -0.4 is 5.32 Å². The highest BCUT2D eigenvalue weighted by molar-refractivity contribution is 9.10. The number of halogens is 1. The van der Waals surface area contributed by atoms with Gasteiger partial charge in [-0.25, -0.2) is 0 Å². The number of pyridine rings is 1. The van der Waals surface area contributed by atoms with Crippen LogP contribution in [0.5, 0.6) is 0 Å². The van der Waals surface area contributed by atoms with Crippen LogP contribution in [-0.4, -0.2) is 30.1 Å². The van der Waals surface area contributed by atoms with Crippen molar-refractivity contribution in [2.24, 2.45) is 0 Å². The second-order valence-corrected chi connectivity index (χ2v) is 5.10. The van der Waals surface area contributed by atoms with Crippen LogP contribution in [-0.2, 0) is 16.0 Å². The van der Waals surface area contributed by atoms with Crippen molar-refractivity contribution in [2.75, 3.05) is 6.54 Å². The molecule has 5 heteroatoms. The number of aromatic nitrogens is 1. The molecule has 2 unspecified atom stereocenters. The molecule has 0 saturated carbocycles. The first-order valence-electron chi connectivity index (χ1n) is 5.71. The van der Waals surface area contributed by atoms with Crippen LogP contribution in [0.15, 0.2) is 22.9 Å². The van der Waals surface area contributed by atoms with E-state index in [9.17, 15) is 4.79 Å². The summed E-state index contributed by atoms with van der Waals surface area (Å²) in [5.74, 6) is 0. The molecule has 1 aliphatic heterocycles. The summed E-state index contributed by atoms with van der Waals surface area (Å²) in [6, 6.07) is 2.27. The highest BCUT2D eigenvalue weighted by Gasteiger charge is 2.26. The van der Waals surface area contributed by atoms with E-state index in [1.54, 1.807) is 12.4 Å². The molecule has 2 atom stereocenters. The van der Waals surface area contributed by atoms with E-state index in [0.717, 1.165) is 29.4 Å². The maximum atomic E-state index is 10.6. The Balaban J connectivity index is 2.03. The van der Waals surface area contributed by atoms with Gasteiger partial charge in [-0.05, 0) is 46.9 Å².